The molecule has 1 aromatic rings. The van der Waals surface area contributed by atoms with Gasteiger partial charge in [0.15, 0.2) is 0 Å². The molecule has 0 radical (unpaired) electrons. The monoisotopic (exact) mass is 791 g/mol. The molecule has 1 rings (SSSR count). The molecule has 0 aromatic heterocycles. The van der Waals surface area contributed by atoms with Crippen molar-refractivity contribution in [2.75, 3.05) is 19.8 Å². The van der Waals surface area contributed by atoms with Gasteiger partial charge in [0.25, 0.3) is 0 Å². The first-order valence-electron chi connectivity index (χ1n) is 18.2. The predicted octanol–water partition coefficient (Wildman–Crippen LogP) is -4.25. The van der Waals surface area contributed by atoms with Crippen LogP contribution in [-0.2, 0) is 49.6 Å². The number of nitrogens with one attached hydrogen (secondary N) is 7. The van der Waals surface area contributed by atoms with Crippen molar-refractivity contribution in [3.05, 3.63) is 35.9 Å². The lowest BCUT2D eigenvalue weighted by Gasteiger charge is -2.28. The largest absolute Gasteiger partial charge is 0.394 e. The van der Waals surface area contributed by atoms with Gasteiger partial charge in [-0.05, 0) is 43.6 Å². The standard InChI is InChI=1S/C36H57N9O11/c1-19(2)13-26(43-36(56)30(20(3)4)45-31(51)21(5)40-32(52)24(37)17-47)35(55)42-25(11-12-28(38)49)34(54)44-27(18-48)33(53)39-15-29(50)41-23(16-46)14-22-9-7-6-8-10-22/h6-10,16,19-21,23-27,30,47-48H,11-15,17-18,37H2,1-5H3,(H2,38,49)(H,39,53)(H,40,52)(H,41,50)(H,42,55)(H,43,56)(H,44,54)(H,45,51)/t21-,23-,24-,25-,26-,27-,30-/m0/s1. The second kappa shape index (κ2) is 24.8. The Labute approximate surface area is 325 Å². The summed E-state index contributed by atoms with van der Waals surface area (Å²) in [7, 11) is 0. The molecule has 0 saturated carbocycles. The Morgan fingerprint density at radius 3 is 1.82 bits per heavy atom. The third-order valence-corrected chi connectivity index (χ3v) is 8.23. The smallest absolute Gasteiger partial charge is 0.245 e. The van der Waals surface area contributed by atoms with Crippen LogP contribution in [0.4, 0.5) is 0 Å². The fourth-order valence-corrected chi connectivity index (χ4v) is 5.09. The first-order valence-corrected chi connectivity index (χ1v) is 18.2. The fraction of sp³-hybridized carbons (Fsp3) is 0.583. The van der Waals surface area contributed by atoms with Gasteiger partial charge in [0, 0.05) is 6.42 Å². The van der Waals surface area contributed by atoms with E-state index in [0.29, 0.717) is 6.29 Å². The Morgan fingerprint density at radius 1 is 0.696 bits per heavy atom. The van der Waals surface area contributed by atoms with Crippen LogP contribution in [0.3, 0.4) is 0 Å². The van der Waals surface area contributed by atoms with Crippen molar-refractivity contribution in [1.82, 2.24) is 37.2 Å². The molecule has 20 heteroatoms. The summed E-state index contributed by atoms with van der Waals surface area (Å²) in [6, 6.07) is 0.0317. The minimum Gasteiger partial charge on any atom is -0.394 e. The summed E-state index contributed by atoms with van der Waals surface area (Å²) >= 11 is 0. The van der Waals surface area contributed by atoms with Gasteiger partial charge in [0.05, 0.1) is 25.8 Å². The van der Waals surface area contributed by atoms with Gasteiger partial charge in [-0.1, -0.05) is 58.0 Å². The maximum absolute atomic E-state index is 13.6. The van der Waals surface area contributed by atoms with E-state index in [4.69, 9.17) is 16.6 Å². The molecule has 0 heterocycles. The van der Waals surface area contributed by atoms with Crippen molar-refractivity contribution in [2.45, 2.75) is 103 Å². The van der Waals surface area contributed by atoms with Crippen LogP contribution in [0.1, 0.15) is 59.4 Å². The summed E-state index contributed by atoms with van der Waals surface area (Å²) in [5.41, 5.74) is 11.6. The lowest BCUT2D eigenvalue weighted by Crippen LogP contribution is -2.60. The number of hydrogen-bond donors (Lipinski definition) is 11. The number of carbonyl (C=O) groups is 9. The molecule has 7 atom stereocenters. The summed E-state index contributed by atoms with van der Waals surface area (Å²) in [4.78, 5) is 114. The van der Waals surface area contributed by atoms with E-state index in [1.54, 1.807) is 58.0 Å². The number of rotatable bonds is 25. The molecule has 0 aliphatic heterocycles. The number of nitrogens with two attached hydrogens (primary N) is 2. The number of aliphatic hydroxyl groups excluding tert-OH is 2. The zero-order chi connectivity index (χ0) is 42.5. The third kappa shape index (κ3) is 17.8. The lowest BCUT2D eigenvalue weighted by atomic mass is 9.99. The summed E-state index contributed by atoms with van der Waals surface area (Å²) < 4.78 is 0. The summed E-state index contributed by atoms with van der Waals surface area (Å²) in [6.45, 7) is 5.95. The number of hydrogen-bond acceptors (Lipinski definition) is 12. The van der Waals surface area contributed by atoms with Crippen LogP contribution in [0, 0.1) is 11.8 Å². The summed E-state index contributed by atoms with van der Waals surface area (Å²) in [6.07, 6.45) is 0.101. The van der Waals surface area contributed by atoms with Gasteiger partial charge in [-0.25, -0.2) is 0 Å². The van der Waals surface area contributed by atoms with Crippen LogP contribution < -0.4 is 48.7 Å². The van der Waals surface area contributed by atoms with E-state index in [9.17, 15) is 48.3 Å². The maximum Gasteiger partial charge on any atom is 0.245 e. The first-order chi connectivity index (χ1) is 26.3. The van der Waals surface area contributed by atoms with Gasteiger partial charge in [-0.2, -0.15) is 0 Å². The minimum absolute atomic E-state index is 0.0616. The van der Waals surface area contributed by atoms with Crippen molar-refractivity contribution in [2.24, 2.45) is 23.3 Å². The van der Waals surface area contributed by atoms with Gasteiger partial charge in [0.2, 0.25) is 47.3 Å². The highest BCUT2D eigenvalue weighted by atomic mass is 16.3. The second-order valence-electron chi connectivity index (χ2n) is 14.0. The number of carbonyl (C=O) groups excluding carboxylic acids is 9. The highest BCUT2D eigenvalue weighted by molar-refractivity contribution is 5.97. The zero-order valence-electron chi connectivity index (χ0n) is 32.3. The van der Waals surface area contributed by atoms with E-state index in [-0.39, 0.29) is 31.6 Å². The Hall–Kier alpha value is -5.47. The molecular formula is C36H57N9O11. The summed E-state index contributed by atoms with van der Waals surface area (Å²) in [5.74, 6) is -7.35. The minimum atomic E-state index is -1.61. The number of amides is 8. The maximum atomic E-state index is 13.6. The van der Waals surface area contributed by atoms with E-state index in [2.05, 4.69) is 37.2 Å². The van der Waals surface area contributed by atoms with Crippen molar-refractivity contribution in [3.63, 3.8) is 0 Å². The van der Waals surface area contributed by atoms with Gasteiger partial charge < -0.3 is 63.7 Å². The van der Waals surface area contributed by atoms with E-state index in [1.807, 2.05) is 0 Å². The molecule has 312 valence electrons. The van der Waals surface area contributed by atoms with Crippen molar-refractivity contribution >= 4 is 53.5 Å². The molecule has 8 amide bonds. The van der Waals surface area contributed by atoms with Crippen molar-refractivity contribution in [3.8, 4) is 0 Å². The highest BCUT2D eigenvalue weighted by Crippen LogP contribution is 2.10. The molecule has 1 aromatic carbocycles. The highest BCUT2D eigenvalue weighted by Gasteiger charge is 2.33. The zero-order valence-corrected chi connectivity index (χ0v) is 32.3. The molecule has 0 fully saturated rings. The Bertz CT molecular complexity index is 1510. The Kier molecular flexibility index (Phi) is 21.5. The Morgan fingerprint density at radius 2 is 1.29 bits per heavy atom. The topological polar surface area (TPSA) is 330 Å². The molecule has 13 N–H and O–H groups in total. The molecule has 0 bridgehead atoms. The number of aliphatic hydroxyl groups is 2. The number of benzene rings is 1. The lowest BCUT2D eigenvalue weighted by molar-refractivity contribution is -0.136. The molecular weight excluding hydrogens is 734 g/mol. The molecule has 0 saturated heterocycles. The van der Waals surface area contributed by atoms with Crippen LogP contribution in [0.2, 0.25) is 0 Å². The van der Waals surface area contributed by atoms with E-state index in [0.717, 1.165) is 5.56 Å². The van der Waals surface area contributed by atoms with Gasteiger partial charge in [-0.15, -0.1) is 0 Å². The molecule has 0 aliphatic rings. The van der Waals surface area contributed by atoms with Crippen LogP contribution >= 0.6 is 0 Å². The van der Waals surface area contributed by atoms with Gasteiger partial charge >= 0.3 is 0 Å². The average molecular weight is 792 g/mol. The van der Waals surface area contributed by atoms with E-state index >= 15 is 0 Å². The molecule has 0 unspecified atom stereocenters. The first kappa shape index (κ1) is 48.5. The van der Waals surface area contributed by atoms with E-state index in [1.165, 1.54) is 6.92 Å². The van der Waals surface area contributed by atoms with Gasteiger partial charge in [-0.3, -0.25) is 38.4 Å². The Balaban J connectivity index is 3.03. The molecule has 0 spiro atoms. The van der Waals surface area contributed by atoms with Gasteiger partial charge in [0.1, 0.15) is 42.5 Å². The normalized spacial score (nSPS) is 14.8. The fourth-order valence-electron chi connectivity index (χ4n) is 5.09. The number of primary amides is 1. The van der Waals surface area contributed by atoms with E-state index < -0.39 is 115 Å². The quantitative estimate of drug-likeness (QED) is 0.0420. The van der Waals surface area contributed by atoms with Crippen LogP contribution in [0.5, 0.6) is 0 Å². The SMILES string of the molecule is CC(C)C[C@H](NC(=O)[C@@H](NC(=O)[C@H](C)NC(=O)[C@@H](N)CO)C(C)C)C(=O)N[C@@H](CCC(N)=O)C(=O)N[C@@H](CO)C(=O)NCC(=O)N[C@H](C=O)Cc1ccccc1. The predicted molar refractivity (Wildman–Crippen MR) is 201 cm³/mol. The molecule has 56 heavy (non-hydrogen) atoms. The second-order valence-corrected chi connectivity index (χ2v) is 14.0. The number of aldehydes is 1. The molecule has 20 nitrogen and oxygen atoms in total. The van der Waals surface area contributed by atoms with Crippen LogP contribution in [0.15, 0.2) is 30.3 Å². The van der Waals surface area contributed by atoms with Crippen LogP contribution in [-0.4, -0.2) is 126 Å². The third-order valence-electron chi connectivity index (χ3n) is 8.23. The van der Waals surface area contributed by atoms with Crippen LogP contribution in [0.25, 0.3) is 0 Å². The average Bonchev–Trinajstić information content (AvgIpc) is 3.15. The summed E-state index contributed by atoms with van der Waals surface area (Å²) in [5, 5.41) is 35.9. The van der Waals surface area contributed by atoms with Crippen molar-refractivity contribution in [1.29, 1.82) is 0 Å². The molecule has 0 aliphatic carbocycles. The van der Waals surface area contributed by atoms with Crippen molar-refractivity contribution < 1.29 is 53.4 Å².